The number of rotatable bonds is 7. The summed E-state index contributed by atoms with van der Waals surface area (Å²) in [6.07, 6.45) is 1.27. The van der Waals surface area contributed by atoms with Crippen LogP contribution in [0.3, 0.4) is 0 Å². The maximum Gasteiger partial charge on any atom is 0.339 e. The fraction of sp³-hybridized carbons (Fsp3) is 0.467. The third-order valence-corrected chi connectivity index (χ3v) is 3.02. The number of esters is 1. The molecule has 110 valence electrons. The Labute approximate surface area is 119 Å². The second-order valence-electron chi connectivity index (χ2n) is 4.59. The van der Waals surface area contributed by atoms with Crippen molar-refractivity contribution >= 4 is 17.6 Å². The number of carbonyl (C=O) groups is 2. The lowest BCUT2D eigenvalue weighted by Gasteiger charge is -2.13. The number of benzene rings is 1. The number of anilines is 1. The number of nitrogens with one attached hydrogen (secondary N) is 2. The Hall–Kier alpha value is -2.04. The van der Waals surface area contributed by atoms with Gasteiger partial charge in [0.25, 0.3) is 0 Å². The molecule has 1 atom stereocenters. The summed E-state index contributed by atoms with van der Waals surface area (Å²) >= 11 is 0. The Morgan fingerprint density at radius 3 is 2.65 bits per heavy atom. The number of hydrogen-bond donors (Lipinski definition) is 2. The summed E-state index contributed by atoms with van der Waals surface area (Å²) in [5.41, 5.74) is 1.15. The van der Waals surface area contributed by atoms with E-state index in [4.69, 9.17) is 4.74 Å². The second kappa shape index (κ2) is 8.19. The van der Waals surface area contributed by atoms with Crippen LogP contribution in [0, 0.1) is 0 Å². The van der Waals surface area contributed by atoms with E-state index >= 15 is 0 Å². The monoisotopic (exact) mass is 278 g/mol. The first kappa shape index (κ1) is 16.0. The Balaban J connectivity index is 2.50. The zero-order valence-electron chi connectivity index (χ0n) is 12.2. The molecule has 1 amide bonds. The van der Waals surface area contributed by atoms with Crippen molar-refractivity contribution in [2.45, 2.75) is 32.7 Å². The molecule has 1 rings (SSSR count). The number of methoxy groups -OCH3 is 1. The summed E-state index contributed by atoms with van der Waals surface area (Å²) in [4.78, 5) is 23.2. The van der Waals surface area contributed by atoms with Crippen molar-refractivity contribution < 1.29 is 14.3 Å². The summed E-state index contributed by atoms with van der Waals surface area (Å²) in [5, 5.41) is 5.98. The van der Waals surface area contributed by atoms with Gasteiger partial charge < -0.3 is 15.4 Å². The van der Waals surface area contributed by atoms with Crippen LogP contribution in [-0.4, -0.2) is 31.6 Å². The van der Waals surface area contributed by atoms with Gasteiger partial charge in [0.2, 0.25) is 5.91 Å². The molecule has 0 radical (unpaired) electrons. The van der Waals surface area contributed by atoms with Gasteiger partial charge in [-0.05, 0) is 25.5 Å². The molecule has 1 aromatic carbocycles. The summed E-state index contributed by atoms with van der Waals surface area (Å²) < 4.78 is 4.71. The van der Waals surface area contributed by atoms with Crippen molar-refractivity contribution in [2.75, 3.05) is 19.0 Å². The first-order chi connectivity index (χ1) is 9.58. The van der Waals surface area contributed by atoms with Crippen molar-refractivity contribution in [2.24, 2.45) is 0 Å². The molecule has 20 heavy (non-hydrogen) atoms. The lowest BCUT2D eigenvalue weighted by Crippen LogP contribution is -2.33. The normalized spacial score (nSPS) is 11.6. The van der Waals surface area contributed by atoms with Gasteiger partial charge in [-0.3, -0.25) is 4.79 Å². The summed E-state index contributed by atoms with van der Waals surface area (Å²) in [6, 6.07) is 7.26. The number of ether oxygens (including phenoxy) is 1. The van der Waals surface area contributed by atoms with Gasteiger partial charge in [0, 0.05) is 24.7 Å². The maximum absolute atomic E-state index is 11.6. The molecule has 0 bridgehead atoms. The van der Waals surface area contributed by atoms with E-state index in [0.29, 0.717) is 24.2 Å². The maximum atomic E-state index is 11.6. The van der Waals surface area contributed by atoms with Gasteiger partial charge in [-0.25, -0.2) is 4.79 Å². The Morgan fingerprint density at radius 2 is 2.00 bits per heavy atom. The molecule has 0 saturated carbocycles. The van der Waals surface area contributed by atoms with E-state index in [-0.39, 0.29) is 11.9 Å². The van der Waals surface area contributed by atoms with Gasteiger partial charge in [0.05, 0.1) is 12.7 Å². The largest absolute Gasteiger partial charge is 0.465 e. The van der Waals surface area contributed by atoms with E-state index in [2.05, 4.69) is 10.6 Å². The smallest absolute Gasteiger partial charge is 0.339 e. The molecule has 0 heterocycles. The third-order valence-electron chi connectivity index (χ3n) is 3.02. The number of para-hydroxylation sites is 1. The van der Waals surface area contributed by atoms with Crippen molar-refractivity contribution in [3.8, 4) is 0 Å². The Bertz CT molecular complexity index is 460. The van der Waals surface area contributed by atoms with E-state index in [1.807, 2.05) is 19.9 Å². The van der Waals surface area contributed by atoms with Gasteiger partial charge in [0.15, 0.2) is 0 Å². The predicted octanol–water partition coefficient (Wildman–Crippen LogP) is 2.19. The zero-order chi connectivity index (χ0) is 15.0. The van der Waals surface area contributed by atoms with Gasteiger partial charge in [-0.2, -0.15) is 0 Å². The van der Waals surface area contributed by atoms with Gasteiger partial charge in [0.1, 0.15) is 0 Å². The molecule has 2 N–H and O–H groups in total. The van der Waals surface area contributed by atoms with E-state index < -0.39 is 5.97 Å². The highest BCUT2D eigenvalue weighted by molar-refractivity contribution is 5.95. The minimum Gasteiger partial charge on any atom is -0.465 e. The molecule has 1 unspecified atom stereocenters. The topological polar surface area (TPSA) is 67.4 Å². The number of amides is 1. The highest BCUT2D eigenvalue weighted by atomic mass is 16.5. The van der Waals surface area contributed by atoms with E-state index in [1.165, 1.54) is 7.11 Å². The van der Waals surface area contributed by atoms with Crippen molar-refractivity contribution in [3.05, 3.63) is 29.8 Å². The summed E-state index contributed by atoms with van der Waals surface area (Å²) in [6.45, 7) is 4.46. The van der Waals surface area contributed by atoms with E-state index in [9.17, 15) is 9.59 Å². The molecule has 0 aliphatic rings. The van der Waals surface area contributed by atoms with Crippen LogP contribution in [0.25, 0.3) is 0 Å². The molecule has 5 heteroatoms. The van der Waals surface area contributed by atoms with Crippen molar-refractivity contribution in [3.63, 3.8) is 0 Å². The van der Waals surface area contributed by atoms with Crippen LogP contribution in [0.2, 0.25) is 0 Å². The molecule has 0 aliphatic heterocycles. The predicted molar refractivity (Wildman–Crippen MR) is 78.8 cm³/mol. The van der Waals surface area contributed by atoms with Crippen LogP contribution in [-0.2, 0) is 9.53 Å². The van der Waals surface area contributed by atoms with Crippen LogP contribution in [0.1, 0.15) is 37.0 Å². The average molecular weight is 278 g/mol. The molecule has 0 fully saturated rings. The van der Waals surface area contributed by atoms with Crippen LogP contribution >= 0.6 is 0 Å². The standard InChI is InChI=1S/C15H22N2O3/c1-4-11(2)17-14(18)9-10-16-13-8-6-5-7-12(13)15(19)20-3/h5-8,11,16H,4,9-10H2,1-3H3,(H,17,18). The lowest BCUT2D eigenvalue weighted by molar-refractivity contribution is -0.121. The second-order valence-corrected chi connectivity index (χ2v) is 4.59. The number of carbonyl (C=O) groups excluding carboxylic acids is 2. The third kappa shape index (κ3) is 4.91. The van der Waals surface area contributed by atoms with Crippen molar-refractivity contribution in [1.82, 2.24) is 5.32 Å². The minimum atomic E-state index is -0.392. The van der Waals surface area contributed by atoms with E-state index in [1.54, 1.807) is 18.2 Å². The molecular formula is C15H22N2O3. The highest BCUT2D eigenvalue weighted by Gasteiger charge is 2.11. The van der Waals surface area contributed by atoms with Crippen LogP contribution in [0.15, 0.2) is 24.3 Å². The molecule has 5 nitrogen and oxygen atoms in total. The van der Waals surface area contributed by atoms with Crippen LogP contribution in [0.5, 0.6) is 0 Å². The molecule has 0 aliphatic carbocycles. The number of hydrogen-bond acceptors (Lipinski definition) is 4. The molecular weight excluding hydrogens is 256 g/mol. The molecule has 0 saturated heterocycles. The van der Waals surface area contributed by atoms with Crippen LogP contribution < -0.4 is 10.6 Å². The van der Waals surface area contributed by atoms with E-state index in [0.717, 1.165) is 6.42 Å². The Kier molecular flexibility index (Phi) is 6.56. The van der Waals surface area contributed by atoms with Crippen molar-refractivity contribution in [1.29, 1.82) is 0 Å². The molecule has 0 spiro atoms. The summed E-state index contributed by atoms with van der Waals surface area (Å²) in [7, 11) is 1.35. The minimum absolute atomic E-state index is 0.00222. The quantitative estimate of drug-likeness (QED) is 0.750. The SMILES string of the molecule is CCC(C)NC(=O)CCNc1ccccc1C(=O)OC. The lowest BCUT2D eigenvalue weighted by atomic mass is 10.1. The highest BCUT2D eigenvalue weighted by Crippen LogP contribution is 2.15. The van der Waals surface area contributed by atoms with Gasteiger partial charge in [-0.1, -0.05) is 19.1 Å². The molecule has 1 aromatic rings. The average Bonchev–Trinajstić information content (AvgIpc) is 2.46. The molecule has 0 aromatic heterocycles. The zero-order valence-corrected chi connectivity index (χ0v) is 12.2. The fourth-order valence-electron chi connectivity index (χ4n) is 1.68. The first-order valence-electron chi connectivity index (χ1n) is 6.79. The van der Waals surface area contributed by atoms with Gasteiger partial charge >= 0.3 is 5.97 Å². The van der Waals surface area contributed by atoms with Gasteiger partial charge in [-0.15, -0.1) is 0 Å². The summed E-state index contributed by atoms with van der Waals surface area (Å²) in [5.74, 6) is -0.389. The fourth-order valence-corrected chi connectivity index (χ4v) is 1.68. The first-order valence-corrected chi connectivity index (χ1v) is 6.79. The van der Waals surface area contributed by atoms with Crippen LogP contribution in [0.4, 0.5) is 5.69 Å². The Morgan fingerprint density at radius 1 is 1.30 bits per heavy atom.